The molecule has 0 amide bonds. The van der Waals surface area contributed by atoms with Crippen LogP contribution >= 0.6 is 0 Å². The molecule has 19 heavy (non-hydrogen) atoms. The van der Waals surface area contributed by atoms with Crippen LogP contribution in [0.5, 0.6) is 0 Å². The van der Waals surface area contributed by atoms with E-state index >= 15 is 0 Å². The molecule has 0 saturated carbocycles. The topological polar surface area (TPSA) is 55.6 Å². The summed E-state index contributed by atoms with van der Waals surface area (Å²) in [7, 11) is 0. The Labute approximate surface area is 109 Å². The Morgan fingerprint density at radius 2 is 1.89 bits per heavy atom. The number of hydrogen-bond acceptors (Lipinski definition) is 4. The number of tetrazole rings is 1. The molecule has 0 bridgehead atoms. The van der Waals surface area contributed by atoms with Crippen LogP contribution in [0.2, 0.25) is 0 Å². The van der Waals surface area contributed by atoms with Crippen LogP contribution in [0, 0.1) is 17.6 Å². The van der Waals surface area contributed by atoms with E-state index in [9.17, 15) is 8.78 Å². The van der Waals surface area contributed by atoms with E-state index in [1.165, 1.54) is 16.8 Å². The van der Waals surface area contributed by atoms with Crippen LogP contribution in [0.1, 0.15) is 19.7 Å². The number of aromatic nitrogens is 4. The standard InChI is InChI=1S/C12H15F2N5/c1-8(2)6-15-7-12-16-17-18-19(12)11-4-9(13)3-10(14)5-11/h3-5,8,15H,6-7H2,1-2H3. The summed E-state index contributed by atoms with van der Waals surface area (Å²) in [6, 6.07) is 3.18. The molecule has 1 heterocycles. The summed E-state index contributed by atoms with van der Waals surface area (Å²) in [5.74, 6) is -0.320. The number of halogens is 2. The van der Waals surface area contributed by atoms with Crippen molar-refractivity contribution in [2.75, 3.05) is 6.54 Å². The second-order valence-corrected chi connectivity index (χ2v) is 4.66. The normalized spacial score (nSPS) is 11.2. The van der Waals surface area contributed by atoms with Gasteiger partial charge in [0.05, 0.1) is 12.2 Å². The van der Waals surface area contributed by atoms with Gasteiger partial charge in [-0.05, 0) is 35.0 Å². The quantitative estimate of drug-likeness (QED) is 0.895. The van der Waals surface area contributed by atoms with E-state index in [1.807, 2.05) is 0 Å². The fourth-order valence-electron chi connectivity index (χ4n) is 1.65. The van der Waals surface area contributed by atoms with Crippen LogP contribution in [0.3, 0.4) is 0 Å². The maximum absolute atomic E-state index is 13.2. The molecule has 0 atom stereocenters. The molecular formula is C12H15F2N5. The van der Waals surface area contributed by atoms with Crippen molar-refractivity contribution in [2.45, 2.75) is 20.4 Å². The molecule has 0 saturated heterocycles. The molecule has 1 aromatic carbocycles. The maximum Gasteiger partial charge on any atom is 0.170 e. The molecule has 0 aliphatic heterocycles. The average Bonchev–Trinajstić information content (AvgIpc) is 2.75. The van der Waals surface area contributed by atoms with Gasteiger partial charge < -0.3 is 5.32 Å². The molecule has 1 N–H and O–H groups in total. The molecule has 102 valence electrons. The Hall–Kier alpha value is -1.89. The van der Waals surface area contributed by atoms with Crippen LogP contribution in [-0.2, 0) is 6.54 Å². The zero-order chi connectivity index (χ0) is 13.8. The molecule has 2 rings (SSSR count). The number of benzene rings is 1. The highest BCUT2D eigenvalue weighted by Crippen LogP contribution is 2.12. The van der Waals surface area contributed by atoms with Gasteiger partial charge in [-0.3, -0.25) is 0 Å². The van der Waals surface area contributed by atoms with E-state index in [0.29, 0.717) is 18.3 Å². The highest BCUT2D eigenvalue weighted by molar-refractivity contribution is 5.32. The zero-order valence-corrected chi connectivity index (χ0v) is 10.8. The highest BCUT2D eigenvalue weighted by Gasteiger charge is 2.10. The van der Waals surface area contributed by atoms with Crippen molar-refractivity contribution in [3.8, 4) is 5.69 Å². The molecule has 0 unspecified atom stereocenters. The Morgan fingerprint density at radius 1 is 1.21 bits per heavy atom. The molecule has 5 nitrogen and oxygen atoms in total. The molecule has 0 aliphatic carbocycles. The first kappa shape index (κ1) is 13.5. The van der Waals surface area contributed by atoms with E-state index < -0.39 is 11.6 Å². The molecule has 1 aromatic heterocycles. The highest BCUT2D eigenvalue weighted by atomic mass is 19.1. The first-order chi connectivity index (χ1) is 9.06. The van der Waals surface area contributed by atoms with E-state index in [4.69, 9.17) is 0 Å². The first-order valence-corrected chi connectivity index (χ1v) is 6.00. The van der Waals surface area contributed by atoms with Crippen LogP contribution < -0.4 is 5.32 Å². The van der Waals surface area contributed by atoms with Gasteiger partial charge in [0, 0.05) is 6.07 Å². The number of nitrogens with zero attached hydrogens (tertiary/aromatic N) is 4. The maximum atomic E-state index is 13.2. The third kappa shape index (κ3) is 3.54. The smallest absolute Gasteiger partial charge is 0.170 e. The Kier molecular flexibility index (Phi) is 4.16. The summed E-state index contributed by atoms with van der Waals surface area (Å²) < 4.78 is 27.7. The van der Waals surface area contributed by atoms with Gasteiger partial charge in [0.1, 0.15) is 11.6 Å². The van der Waals surface area contributed by atoms with Crippen molar-refractivity contribution in [1.82, 2.24) is 25.5 Å². The van der Waals surface area contributed by atoms with Gasteiger partial charge in [-0.2, -0.15) is 4.68 Å². The van der Waals surface area contributed by atoms with Gasteiger partial charge in [-0.15, -0.1) is 5.10 Å². The molecule has 0 fully saturated rings. The summed E-state index contributed by atoms with van der Waals surface area (Å²) >= 11 is 0. The van der Waals surface area contributed by atoms with E-state index in [0.717, 1.165) is 12.6 Å². The SMILES string of the molecule is CC(C)CNCc1nnnn1-c1cc(F)cc(F)c1. The minimum atomic E-state index is -0.661. The van der Waals surface area contributed by atoms with Crippen molar-refractivity contribution in [3.05, 3.63) is 35.7 Å². The van der Waals surface area contributed by atoms with E-state index in [1.54, 1.807) is 0 Å². The monoisotopic (exact) mass is 267 g/mol. The van der Waals surface area contributed by atoms with Crippen LogP contribution in [0.4, 0.5) is 8.78 Å². The Balaban J connectivity index is 2.18. The molecule has 0 radical (unpaired) electrons. The molecular weight excluding hydrogens is 252 g/mol. The molecule has 0 spiro atoms. The predicted octanol–water partition coefficient (Wildman–Crippen LogP) is 1.69. The average molecular weight is 267 g/mol. The van der Waals surface area contributed by atoms with Crippen LogP contribution in [0.15, 0.2) is 18.2 Å². The van der Waals surface area contributed by atoms with Gasteiger partial charge in [0.15, 0.2) is 5.82 Å². The fourth-order valence-corrected chi connectivity index (χ4v) is 1.65. The van der Waals surface area contributed by atoms with Crippen molar-refractivity contribution in [2.24, 2.45) is 5.92 Å². The molecule has 7 heteroatoms. The van der Waals surface area contributed by atoms with Gasteiger partial charge in [0.25, 0.3) is 0 Å². The van der Waals surface area contributed by atoms with Gasteiger partial charge in [-0.25, -0.2) is 8.78 Å². The summed E-state index contributed by atoms with van der Waals surface area (Å²) in [5.41, 5.74) is 0.267. The van der Waals surface area contributed by atoms with Crippen LogP contribution in [-0.4, -0.2) is 26.8 Å². The molecule has 0 aliphatic rings. The summed E-state index contributed by atoms with van der Waals surface area (Å²) in [4.78, 5) is 0. The van der Waals surface area contributed by atoms with Crippen molar-refractivity contribution in [1.29, 1.82) is 0 Å². The summed E-state index contributed by atoms with van der Waals surface area (Å²) in [6.45, 7) is 5.41. The number of rotatable bonds is 5. The van der Waals surface area contributed by atoms with Crippen molar-refractivity contribution in [3.63, 3.8) is 0 Å². The Morgan fingerprint density at radius 3 is 2.53 bits per heavy atom. The van der Waals surface area contributed by atoms with Gasteiger partial charge in [0.2, 0.25) is 0 Å². The zero-order valence-electron chi connectivity index (χ0n) is 10.8. The predicted molar refractivity (Wildman–Crippen MR) is 65.6 cm³/mol. The lowest BCUT2D eigenvalue weighted by Crippen LogP contribution is -2.21. The van der Waals surface area contributed by atoms with Gasteiger partial charge in [-0.1, -0.05) is 13.8 Å². The third-order valence-electron chi connectivity index (χ3n) is 2.46. The second-order valence-electron chi connectivity index (χ2n) is 4.66. The van der Waals surface area contributed by atoms with Gasteiger partial charge >= 0.3 is 0 Å². The van der Waals surface area contributed by atoms with Crippen molar-refractivity contribution >= 4 is 0 Å². The first-order valence-electron chi connectivity index (χ1n) is 6.00. The molecule has 2 aromatic rings. The van der Waals surface area contributed by atoms with Crippen molar-refractivity contribution < 1.29 is 8.78 Å². The lowest BCUT2D eigenvalue weighted by Gasteiger charge is -2.08. The minimum absolute atomic E-state index is 0.267. The number of nitrogens with one attached hydrogen (secondary N) is 1. The lowest BCUT2D eigenvalue weighted by atomic mass is 10.2. The number of hydrogen-bond donors (Lipinski definition) is 1. The minimum Gasteiger partial charge on any atom is -0.310 e. The van der Waals surface area contributed by atoms with E-state index in [2.05, 4.69) is 34.7 Å². The largest absolute Gasteiger partial charge is 0.310 e. The van der Waals surface area contributed by atoms with E-state index in [-0.39, 0.29) is 5.69 Å². The third-order valence-corrected chi connectivity index (χ3v) is 2.46. The second kappa shape index (κ2) is 5.83. The van der Waals surface area contributed by atoms with Crippen LogP contribution in [0.25, 0.3) is 5.69 Å². The fraction of sp³-hybridized carbons (Fsp3) is 0.417. The summed E-state index contributed by atoms with van der Waals surface area (Å²) in [6.07, 6.45) is 0. The summed E-state index contributed by atoms with van der Waals surface area (Å²) in [5, 5.41) is 14.3. The Bertz CT molecular complexity index is 533. The lowest BCUT2D eigenvalue weighted by molar-refractivity contribution is 0.536.